The second-order valence-corrected chi connectivity index (χ2v) is 6.40. The maximum atomic E-state index is 13.9. The van der Waals surface area contributed by atoms with Crippen LogP contribution in [0.2, 0.25) is 0 Å². The first-order valence-corrected chi connectivity index (χ1v) is 8.07. The van der Waals surface area contributed by atoms with Gasteiger partial charge in [0.05, 0.1) is 5.56 Å². The number of fused-ring (bicyclic) bond motifs is 4. The zero-order valence-corrected chi connectivity index (χ0v) is 12.9. The number of hydrogen-bond donors (Lipinski definition) is 0. The molecule has 1 aromatic carbocycles. The Balaban J connectivity index is 1.81. The van der Waals surface area contributed by atoms with Crippen molar-refractivity contribution in [3.63, 3.8) is 0 Å². The van der Waals surface area contributed by atoms with Crippen molar-refractivity contribution < 1.29 is 13.6 Å². The lowest BCUT2D eigenvalue weighted by Crippen LogP contribution is -2.44. The van der Waals surface area contributed by atoms with Gasteiger partial charge in [-0.2, -0.15) is 0 Å². The largest absolute Gasteiger partial charge is 0.337 e. The molecule has 1 amide bonds. The van der Waals surface area contributed by atoms with Crippen molar-refractivity contribution in [1.29, 1.82) is 0 Å². The van der Waals surface area contributed by atoms with Crippen LogP contribution in [0.25, 0.3) is 0 Å². The number of carbonyl (C=O) groups is 1. The van der Waals surface area contributed by atoms with E-state index in [1.807, 2.05) is 0 Å². The SMILES string of the molecule is CCCN1C[C@H]2CC[C@@H]1CN(C(=O)c1cccc(F)c1F)C2. The van der Waals surface area contributed by atoms with Crippen LogP contribution in [0.4, 0.5) is 8.78 Å². The molecule has 4 rings (SSSR count). The minimum absolute atomic E-state index is 0.150. The van der Waals surface area contributed by atoms with Crippen LogP contribution in [-0.2, 0) is 0 Å². The van der Waals surface area contributed by atoms with E-state index in [1.54, 1.807) is 4.90 Å². The van der Waals surface area contributed by atoms with Gasteiger partial charge < -0.3 is 4.90 Å². The van der Waals surface area contributed by atoms with Gasteiger partial charge in [-0.3, -0.25) is 9.69 Å². The van der Waals surface area contributed by atoms with Gasteiger partial charge in [-0.25, -0.2) is 8.78 Å². The summed E-state index contributed by atoms with van der Waals surface area (Å²) in [6.07, 6.45) is 3.29. The molecule has 3 heterocycles. The molecular formula is C17H22F2N2O. The van der Waals surface area contributed by atoms with Gasteiger partial charge in [-0.1, -0.05) is 13.0 Å². The van der Waals surface area contributed by atoms with Crippen LogP contribution in [0, 0.1) is 17.6 Å². The molecule has 3 saturated heterocycles. The number of benzene rings is 1. The lowest BCUT2D eigenvalue weighted by Gasteiger charge is -2.35. The third kappa shape index (κ3) is 2.86. The minimum atomic E-state index is -1.03. The van der Waals surface area contributed by atoms with Crippen molar-refractivity contribution in [1.82, 2.24) is 9.80 Å². The van der Waals surface area contributed by atoms with Crippen LogP contribution in [0.15, 0.2) is 18.2 Å². The van der Waals surface area contributed by atoms with Crippen LogP contribution >= 0.6 is 0 Å². The van der Waals surface area contributed by atoms with E-state index in [-0.39, 0.29) is 11.5 Å². The standard InChI is InChI=1S/C17H22F2N2O/c1-2-8-20-9-12-6-7-13(20)11-21(10-12)17(22)14-4-3-5-15(18)16(14)19/h3-5,12-13H,2,6-11H2,1H3/t12-,13-/m1/s1. The molecule has 0 N–H and O–H groups in total. The molecule has 1 aromatic rings. The highest BCUT2D eigenvalue weighted by molar-refractivity contribution is 5.94. The van der Waals surface area contributed by atoms with Crippen molar-refractivity contribution in [2.45, 2.75) is 32.2 Å². The molecule has 2 atom stereocenters. The molecule has 3 aliphatic heterocycles. The van der Waals surface area contributed by atoms with Crippen molar-refractivity contribution in [2.24, 2.45) is 5.92 Å². The maximum Gasteiger partial charge on any atom is 0.257 e. The van der Waals surface area contributed by atoms with Gasteiger partial charge in [0, 0.05) is 25.7 Å². The Morgan fingerprint density at radius 2 is 2.05 bits per heavy atom. The van der Waals surface area contributed by atoms with E-state index in [0.717, 1.165) is 38.4 Å². The molecule has 3 fully saturated rings. The minimum Gasteiger partial charge on any atom is -0.337 e. The van der Waals surface area contributed by atoms with E-state index in [9.17, 15) is 13.6 Å². The smallest absolute Gasteiger partial charge is 0.257 e. The Bertz CT molecular complexity index is 564. The van der Waals surface area contributed by atoms with Crippen LogP contribution in [0.1, 0.15) is 36.5 Å². The first kappa shape index (κ1) is 15.4. The molecule has 3 nitrogen and oxygen atoms in total. The number of hydrogen-bond acceptors (Lipinski definition) is 2. The summed E-state index contributed by atoms with van der Waals surface area (Å²) in [6.45, 7) is 5.46. The van der Waals surface area contributed by atoms with Gasteiger partial charge in [0.25, 0.3) is 5.91 Å². The molecular weight excluding hydrogens is 286 g/mol. The van der Waals surface area contributed by atoms with Gasteiger partial charge in [0.15, 0.2) is 11.6 Å². The summed E-state index contributed by atoms with van der Waals surface area (Å²) in [5.41, 5.74) is -0.150. The Kier molecular flexibility index (Phi) is 4.43. The van der Waals surface area contributed by atoms with E-state index < -0.39 is 11.6 Å². The molecule has 0 radical (unpaired) electrons. The number of halogens is 2. The lowest BCUT2D eigenvalue weighted by atomic mass is 9.95. The maximum absolute atomic E-state index is 13.9. The number of nitrogens with zero attached hydrogens (tertiary/aromatic N) is 2. The predicted octanol–water partition coefficient (Wildman–Crippen LogP) is 2.91. The van der Waals surface area contributed by atoms with Gasteiger partial charge in [-0.05, 0) is 43.9 Å². The molecule has 22 heavy (non-hydrogen) atoms. The fraction of sp³-hybridized carbons (Fsp3) is 0.588. The van der Waals surface area contributed by atoms with Crippen LogP contribution in [-0.4, -0.2) is 47.9 Å². The number of amides is 1. The normalized spacial score (nSPS) is 25.3. The number of piperidine rings is 1. The van der Waals surface area contributed by atoms with Crippen LogP contribution in [0.5, 0.6) is 0 Å². The van der Waals surface area contributed by atoms with E-state index in [0.29, 0.717) is 25.0 Å². The molecule has 5 heteroatoms. The molecule has 0 aromatic heterocycles. The van der Waals surface area contributed by atoms with Gasteiger partial charge >= 0.3 is 0 Å². The zero-order chi connectivity index (χ0) is 15.7. The van der Waals surface area contributed by atoms with Gasteiger partial charge in [0.2, 0.25) is 0 Å². The van der Waals surface area contributed by atoms with E-state index >= 15 is 0 Å². The van der Waals surface area contributed by atoms with E-state index in [4.69, 9.17) is 0 Å². The van der Waals surface area contributed by atoms with E-state index in [2.05, 4.69) is 11.8 Å². The Morgan fingerprint density at radius 3 is 2.82 bits per heavy atom. The van der Waals surface area contributed by atoms with Crippen molar-refractivity contribution in [3.8, 4) is 0 Å². The summed E-state index contributed by atoms with van der Waals surface area (Å²) in [7, 11) is 0. The Morgan fingerprint density at radius 1 is 1.23 bits per heavy atom. The van der Waals surface area contributed by atoms with Crippen LogP contribution in [0.3, 0.4) is 0 Å². The Labute approximate surface area is 129 Å². The second-order valence-electron chi connectivity index (χ2n) is 6.40. The first-order valence-electron chi connectivity index (χ1n) is 8.07. The topological polar surface area (TPSA) is 23.6 Å². The Hall–Kier alpha value is -1.49. The predicted molar refractivity (Wildman–Crippen MR) is 80.6 cm³/mol. The highest BCUT2D eigenvalue weighted by Crippen LogP contribution is 2.29. The highest BCUT2D eigenvalue weighted by atomic mass is 19.2. The summed E-state index contributed by atoms with van der Waals surface area (Å²) in [4.78, 5) is 16.8. The molecule has 0 spiro atoms. The third-order valence-electron chi connectivity index (χ3n) is 4.81. The molecule has 3 aliphatic rings. The van der Waals surface area contributed by atoms with E-state index in [1.165, 1.54) is 12.1 Å². The van der Waals surface area contributed by atoms with Crippen LogP contribution < -0.4 is 0 Å². The van der Waals surface area contributed by atoms with Crippen molar-refractivity contribution in [2.75, 3.05) is 26.2 Å². The summed E-state index contributed by atoms with van der Waals surface area (Å²) >= 11 is 0. The number of carbonyl (C=O) groups excluding carboxylic acids is 1. The second kappa shape index (κ2) is 6.32. The average molecular weight is 308 g/mol. The van der Waals surface area contributed by atoms with Gasteiger partial charge in [-0.15, -0.1) is 0 Å². The first-order chi connectivity index (χ1) is 10.6. The fourth-order valence-electron chi connectivity index (χ4n) is 3.75. The molecule has 0 aliphatic carbocycles. The summed E-state index contributed by atoms with van der Waals surface area (Å²) in [5, 5.41) is 0. The zero-order valence-electron chi connectivity index (χ0n) is 12.9. The highest BCUT2D eigenvalue weighted by Gasteiger charge is 2.36. The molecule has 2 bridgehead atoms. The lowest BCUT2D eigenvalue weighted by molar-refractivity contribution is 0.0732. The summed E-state index contributed by atoms with van der Waals surface area (Å²) < 4.78 is 27.2. The molecule has 120 valence electrons. The summed E-state index contributed by atoms with van der Waals surface area (Å²) in [5.74, 6) is -1.94. The quantitative estimate of drug-likeness (QED) is 0.857. The van der Waals surface area contributed by atoms with Crippen molar-refractivity contribution in [3.05, 3.63) is 35.4 Å². The molecule has 0 unspecified atom stereocenters. The average Bonchev–Trinajstić information content (AvgIpc) is 2.81. The summed E-state index contributed by atoms with van der Waals surface area (Å²) in [6, 6.07) is 4.15. The monoisotopic (exact) mass is 308 g/mol. The van der Waals surface area contributed by atoms with Gasteiger partial charge in [0.1, 0.15) is 0 Å². The third-order valence-corrected chi connectivity index (χ3v) is 4.81. The number of rotatable bonds is 3. The fourth-order valence-corrected chi connectivity index (χ4v) is 3.75. The van der Waals surface area contributed by atoms with Crippen molar-refractivity contribution >= 4 is 5.91 Å². The molecule has 0 saturated carbocycles.